The second-order valence-electron chi connectivity index (χ2n) is 5.67. The van der Waals surface area contributed by atoms with Crippen LogP contribution in [-0.2, 0) is 11.2 Å². The molecule has 0 aliphatic rings. The average Bonchev–Trinajstić information content (AvgIpc) is 3.19. The summed E-state index contributed by atoms with van der Waals surface area (Å²) in [7, 11) is 0. The number of halogens is 1. The van der Waals surface area contributed by atoms with E-state index in [1.807, 2.05) is 35.7 Å². The fraction of sp³-hybridized carbons (Fsp3) is 0.105. The van der Waals surface area contributed by atoms with Gasteiger partial charge in [0.05, 0.1) is 17.0 Å². The molecule has 0 radical (unpaired) electrons. The molecular formula is C19H13ClN2OS2. The van der Waals surface area contributed by atoms with Crippen LogP contribution in [0.5, 0.6) is 0 Å². The van der Waals surface area contributed by atoms with E-state index >= 15 is 0 Å². The molecule has 0 saturated heterocycles. The Kier molecular flexibility index (Phi) is 4.37. The smallest absolute Gasteiger partial charge is 0.136 e. The van der Waals surface area contributed by atoms with Gasteiger partial charge in [-0.05, 0) is 36.8 Å². The molecule has 25 heavy (non-hydrogen) atoms. The number of ketones is 1. The minimum absolute atomic E-state index is 0.122. The van der Waals surface area contributed by atoms with Gasteiger partial charge in [-0.1, -0.05) is 23.7 Å². The first-order valence-corrected chi connectivity index (χ1v) is 9.77. The van der Waals surface area contributed by atoms with E-state index < -0.39 is 0 Å². The third kappa shape index (κ3) is 3.23. The Bertz CT molecular complexity index is 1070. The van der Waals surface area contributed by atoms with Crippen LogP contribution in [-0.4, -0.2) is 15.8 Å². The number of carbonyl (C=O) groups excluding carboxylic acids is 1. The Morgan fingerprint density at radius 3 is 2.76 bits per heavy atom. The van der Waals surface area contributed by atoms with Gasteiger partial charge in [-0.25, -0.2) is 9.97 Å². The van der Waals surface area contributed by atoms with Crippen LogP contribution in [0.1, 0.15) is 11.9 Å². The number of carbonyl (C=O) groups is 1. The van der Waals surface area contributed by atoms with Crippen molar-refractivity contribution in [2.45, 2.75) is 13.3 Å². The van der Waals surface area contributed by atoms with Crippen molar-refractivity contribution in [1.29, 1.82) is 0 Å². The SMILES string of the molecule is CC(=O)Cc1nc(-c2sc3ncccc3c2-c2ccc(Cl)cc2)cs1. The molecule has 0 fully saturated rings. The van der Waals surface area contributed by atoms with Crippen molar-refractivity contribution in [3.8, 4) is 21.7 Å². The number of hydrogen-bond acceptors (Lipinski definition) is 5. The van der Waals surface area contributed by atoms with Gasteiger partial charge in [0.25, 0.3) is 0 Å². The maximum atomic E-state index is 11.4. The molecule has 4 aromatic rings. The Hall–Kier alpha value is -2.08. The van der Waals surface area contributed by atoms with Crippen molar-refractivity contribution in [2.75, 3.05) is 0 Å². The highest BCUT2D eigenvalue weighted by molar-refractivity contribution is 7.22. The van der Waals surface area contributed by atoms with E-state index in [9.17, 15) is 4.79 Å². The molecule has 0 aliphatic heterocycles. The predicted octanol–water partition coefficient (Wildman–Crippen LogP) is 5.87. The Balaban J connectivity index is 1.91. The Morgan fingerprint density at radius 2 is 2.00 bits per heavy atom. The molecule has 0 bridgehead atoms. The number of aromatic nitrogens is 2. The van der Waals surface area contributed by atoms with Gasteiger partial charge in [0.15, 0.2) is 0 Å². The summed E-state index contributed by atoms with van der Waals surface area (Å²) in [6.45, 7) is 1.59. The minimum atomic E-state index is 0.122. The first-order chi connectivity index (χ1) is 12.1. The van der Waals surface area contributed by atoms with E-state index in [2.05, 4.69) is 16.0 Å². The van der Waals surface area contributed by atoms with Crippen molar-refractivity contribution in [3.63, 3.8) is 0 Å². The number of Topliss-reactive ketones (excluding diaryl/α,β-unsaturated/α-hetero) is 1. The number of nitrogens with zero attached hydrogens (tertiary/aromatic N) is 2. The molecule has 0 saturated carbocycles. The lowest BCUT2D eigenvalue weighted by Gasteiger charge is -2.04. The summed E-state index contributed by atoms with van der Waals surface area (Å²) >= 11 is 9.19. The van der Waals surface area contributed by atoms with Crippen molar-refractivity contribution >= 4 is 50.3 Å². The Labute approximate surface area is 158 Å². The third-order valence-electron chi connectivity index (χ3n) is 3.78. The molecule has 3 aromatic heterocycles. The molecule has 3 nitrogen and oxygen atoms in total. The van der Waals surface area contributed by atoms with Crippen molar-refractivity contribution in [1.82, 2.24) is 9.97 Å². The van der Waals surface area contributed by atoms with Gasteiger partial charge >= 0.3 is 0 Å². The standard InChI is InChI=1S/C19H13ClN2OS2/c1-11(23)9-16-22-15(10-24-16)18-17(12-4-6-13(20)7-5-12)14-3-2-8-21-19(14)25-18/h2-8,10H,9H2,1H3. The number of hydrogen-bond donors (Lipinski definition) is 0. The zero-order valence-corrected chi connectivity index (χ0v) is 15.7. The number of benzene rings is 1. The van der Waals surface area contributed by atoms with Gasteiger partial charge in [0.1, 0.15) is 15.6 Å². The third-order valence-corrected chi connectivity index (χ3v) is 6.02. The van der Waals surface area contributed by atoms with Gasteiger partial charge in [-0.3, -0.25) is 4.79 Å². The molecule has 6 heteroatoms. The Morgan fingerprint density at radius 1 is 1.20 bits per heavy atom. The molecule has 1 aromatic carbocycles. The molecule has 0 N–H and O–H groups in total. The zero-order chi connectivity index (χ0) is 17.4. The number of thiazole rings is 1. The van der Waals surface area contributed by atoms with Crippen LogP contribution >= 0.6 is 34.3 Å². The highest BCUT2D eigenvalue weighted by Gasteiger charge is 2.18. The van der Waals surface area contributed by atoms with Crippen molar-refractivity contribution in [3.05, 3.63) is 58.0 Å². The molecule has 3 heterocycles. The van der Waals surface area contributed by atoms with Crippen LogP contribution in [0.4, 0.5) is 0 Å². The summed E-state index contributed by atoms with van der Waals surface area (Å²) in [6.07, 6.45) is 2.18. The first-order valence-electron chi connectivity index (χ1n) is 7.69. The second kappa shape index (κ2) is 6.67. The maximum absolute atomic E-state index is 11.4. The fourth-order valence-electron chi connectivity index (χ4n) is 2.73. The quantitative estimate of drug-likeness (QED) is 0.441. The second-order valence-corrected chi connectivity index (χ2v) is 8.05. The van der Waals surface area contributed by atoms with Crippen LogP contribution in [0.15, 0.2) is 48.0 Å². The highest BCUT2D eigenvalue weighted by atomic mass is 35.5. The normalized spacial score (nSPS) is 11.1. The lowest BCUT2D eigenvalue weighted by Crippen LogP contribution is -1.95. The summed E-state index contributed by atoms with van der Waals surface area (Å²) in [5.74, 6) is 0.122. The van der Waals surface area contributed by atoms with Gasteiger partial charge in [-0.2, -0.15) is 0 Å². The molecule has 0 spiro atoms. The molecule has 0 atom stereocenters. The van der Waals surface area contributed by atoms with Crippen molar-refractivity contribution in [2.24, 2.45) is 0 Å². The van der Waals surface area contributed by atoms with E-state index in [4.69, 9.17) is 11.6 Å². The average molecular weight is 385 g/mol. The monoisotopic (exact) mass is 384 g/mol. The van der Waals surface area contributed by atoms with Gasteiger partial charge in [-0.15, -0.1) is 22.7 Å². The van der Waals surface area contributed by atoms with E-state index in [1.165, 1.54) is 11.3 Å². The zero-order valence-electron chi connectivity index (χ0n) is 13.3. The minimum Gasteiger partial charge on any atom is -0.300 e. The summed E-state index contributed by atoms with van der Waals surface area (Å²) < 4.78 is 0. The molecule has 124 valence electrons. The summed E-state index contributed by atoms with van der Waals surface area (Å²) in [6, 6.07) is 11.8. The lowest BCUT2D eigenvalue weighted by atomic mass is 10.0. The number of fused-ring (bicyclic) bond motifs is 1. The summed E-state index contributed by atoms with van der Waals surface area (Å²) in [5.41, 5.74) is 3.10. The molecule has 0 aliphatic carbocycles. The number of rotatable bonds is 4. The van der Waals surface area contributed by atoms with E-state index in [-0.39, 0.29) is 5.78 Å². The van der Waals surface area contributed by atoms with E-state index in [0.717, 1.165) is 36.9 Å². The topological polar surface area (TPSA) is 42.9 Å². The van der Waals surface area contributed by atoms with Crippen LogP contribution in [0.25, 0.3) is 31.9 Å². The summed E-state index contributed by atoms with van der Waals surface area (Å²) in [5, 5.41) is 4.67. The van der Waals surface area contributed by atoms with E-state index in [0.29, 0.717) is 11.4 Å². The molecule has 0 unspecified atom stereocenters. The number of pyridine rings is 1. The predicted molar refractivity (Wildman–Crippen MR) is 106 cm³/mol. The van der Waals surface area contributed by atoms with E-state index in [1.54, 1.807) is 24.5 Å². The van der Waals surface area contributed by atoms with Crippen LogP contribution < -0.4 is 0 Å². The summed E-state index contributed by atoms with van der Waals surface area (Å²) in [4.78, 5) is 22.6. The maximum Gasteiger partial charge on any atom is 0.136 e. The van der Waals surface area contributed by atoms with Gasteiger partial charge < -0.3 is 0 Å². The first kappa shape index (κ1) is 16.4. The van der Waals surface area contributed by atoms with Crippen LogP contribution in [0.2, 0.25) is 5.02 Å². The van der Waals surface area contributed by atoms with Crippen LogP contribution in [0, 0.1) is 0 Å². The molecule has 0 amide bonds. The number of thiophene rings is 1. The van der Waals surface area contributed by atoms with Crippen molar-refractivity contribution < 1.29 is 4.79 Å². The highest BCUT2D eigenvalue weighted by Crippen LogP contribution is 2.44. The van der Waals surface area contributed by atoms with Crippen LogP contribution in [0.3, 0.4) is 0 Å². The van der Waals surface area contributed by atoms with Gasteiger partial charge in [0.2, 0.25) is 0 Å². The largest absolute Gasteiger partial charge is 0.300 e. The lowest BCUT2D eigenvalue weighted by molar-refractivity contribution is -0.116. The molecule has 4 rings (SSSR count). The molecular weight excluding hydrogens is 372 g/mol. The van der Waals surface area contributed by atoms with Gasteiger partial charge in [0, 0.05) is 27.5 Å². The fourth-order valence-corrected chi connectivity index (χ4v) is 4.91.